The Morgan fingerprint density at radius 1 is 1.33 bits per heavy atom. The summed E-state index contributed by atoms with van der Waals surface area (Å²) in [5.74, 6) is 0. The molecule has 0 radical (unpaired) electrons. The van der Waals surface area contributed by atoms with Gasteiger partial charge in [-0.25, -0.2) is 0 Å². The van der Waals surface area contributed by atoms with E-state index in [4.69, 9.17) is 0 Å². The van der Waals surface area contributed by atoms with Crippen molar-refractivity contribution in [3.8, 4) is 0 Å². The molecule has 1 heterocycles. The molecular formula is C15H20N2O. The first-order valence-electron chi connectivity index (χ1n) is 6.43. The zero-order chi connectivity index (χ0) is 13.1. The summed E-state index contributed by atoms with van der Waals surface area (Å²) in [5.41, 5.74) is 4.40. The van der Waals surface area contributed by atoms with Crippen LogP contribution in [0.5, 0.6) is 0 Å². The first-order chi connectivity index (χ1) is 8.67. The lowest BCUT2D eigenvalue weighted by Crippen LogP contribution is -2.21. The number of hydrogen-bond donors (Lipinski definition) is 2. The molecule has 1 aromatic carbocycles. The van der Waals surface area contributed by atoms with Gasteiger partial charge in [0.1, 0.15) is 0 Å². The Labute approximate surface area is 108 Å². The summed E-state index contributed by atoms with van der Waals surface area (Å²) >= 11 is 0. The highest BCUT2D eigenvalue weighted by Crippen LogP contribution is 2.29. The van der Waals surface area contributed by atoms with E-state index in [-0.39, 0.29) is 12.6 Å². The Morgan fingerprint density at radius 2 is 2.06 bits per heavy atom. The minimum absolute atomic E-state index is 0.0421. The van der Waals surface area contributed by atoms with Crippen LogP contribution in [0.15, 0.2) is 24.3 Å². The summed E-state index contributed by atoms with van der Waals surface area (Å²) in [5, 5.41) is 13.8. The molecule has 0 amide bonds. The summed E-state index contributed by atoms with van der Waals surface area (Å²) in [4.78, 5) is 4.64. The molecule has 0 fully saturated rings. The maximum atomic E-state index is 9.22. The van der Waals surface area contributed by atoms with E-state index in [1.807, 2.05) is 32.0 Å². The Morgan fingerprint density at radius 3 is 2.72 bits per heavy atom. The molecule has 0 saturated heterocycles. The Bertz CT molecular complexity index is 551. The highest BCUT2D eigenvalue weighted by atomic mass is 16.3. The van der Waals surface area contributed by atoms with Crippen molar-refractivity contribution in [2.45, 2.75) is 33.2 Å². The van der Waals surface area contributed by atoms with E-state index in [0.717, 1.165) is 28.7 Å². The molecule has 2 rings (SSSR count). The van der Waals surface area contributed by atoms with Crippen molar-refractivity contribution in [3.05, 3.63) is 35.5 Å². The first-order valence-corrected chi connectivity index (χ1v) is 6.43. The highest BCUT2D eigenvalue weighted by molar-refractivity contribution is 5.93. The number of aliphatic hydroxyl groups is 1. The van der Waals surface area contributed by atoms with Gasteiger partial charge in [-0.2, -0.15) is 0 Å². The second-order valence-corrected chi connectivity index (χ2v) is 4.65. The fraction of sp³-hybridized carbons (Fsp3) is 0.400. The van der Waals surface area contributed by atoms with Crippen LogP contribution in [0.4, 0.5) is 5.69 Å². The number of nitrogens with zero attached hydrogens (tertiary/aromatic N) is 1. The molecule has 0 saturated carbocycles. The summed E-state index contributed by atoms with van der Waals surface area (Å²) in [7, 11) is 0. The van der Waals surface area contributed by atoms with Crippen molar-refractivity contribution in [3.63, 3.8) is 0 Å². The molecule has 0 bridgehead atoms. The van der Waals surface area contributed by atoms with E-state index in [1.54, 1.807) is 0 Å². The molecule has 2 aromatic rings. The molecule has 3 heteroatoms. The number of para-hydroxylation sites is 1. The lowest BCUT2D eigenvalue weighted by atomic mass is 10.0. The Hall–Kier alpha value is -1.61. The van der Waals surface area contributed by atoms with E-state index in [2.05, 4.69) is 23.3 Å². The molecule has 0 aliphatic rings. The van der Waals surface area contributed by atoms with Gasteiger partial charge < -0.3 is 10.4 Å². The van der Waals surface area contributed by atoms with Gasteiger partial charge in [-0.1, -0.05) is 25.1 Å². The second kappa shape index (κ2) is 5.36. The fourth-order valence-electron chi connectivity index (χ4n) is 2.26. The van der Waals surface area contributed by atoms with E-state index in [1.165, 1.54) is 5.56 Å². The van der Waals surface area contributed by atoms with Gasteiger partial charge in [-0.15, -0.1) is 0 Å². The number of benzene rings is 1. The molecule has 3 nitrogen and oxygen atoms in total. The number of fused-ring (bicyclic) bond motifs is 1. The van der Waals surface area contributed by atoms with E-state index < -0.39 is 0 Å². The molecule has 1 aromatic heterocycles. The predicted molar refractivity (Wildman–Crippen MR) is 76.0 cm³/mol. The molecule has 1 atom stereocenters. The third-order valence-electron chi connectivity index (χ3n) is 3.22. The number of aryl methyl sites for hydroxylation is 1. The van der Waals surface area contributed by atoms with E-state index in [0.29, 0.717) is 0 Å². The fourth-order valence-corrected chi connectivity index (χ4v) is 2.26. The zero-order valence-corrected chi connectivity index (χ0v) is 11.2. The van der Waals surface area contributed by atoms with Crippen molar-refractivity contribution in [2.75, 3.05) is 11.9 Å². The van der Waals surface area contributed by atoms with Crippen LogP contribution in [0.25, 0.3) is 10.9 Å². The average molecular weight is 244 g/mol. The summed E-state index contributed by atoms with van der Waals surface area (Å²) in [6.07, 6.45) is 0.935. The van der Waals surface area contributed by atoms with Crippen molar-refractivity contribution in [1.29, 1.82) is 0 Å². The standard InChI is InChI=1S/C15H20N2O/c1-4-12-11(3)17-14-8-6-5-7-13(14)15(12)16-10(2)9-18/h5-8,10,18H,4,9H2,1-3H3,(H,16,17)/t10-/m0/s1. The smallest absolute Gasteiger partial charge is 0.0726 e. The van der Waals surface area contributed by atoms with E-state index >= 15 is 0 Å². The summed E-state index contributed by atoms with van der Waals surface area (Å²) in [6.45, 7) is 6.27. The van der Waals surface area contributed by atoms with Crippen LogP contribution in [-0.4, -0.2) is 22.7 Å². The predicted octanol–water partition coefficient (Wildman–Crippen LogP) is 2.90. The van der Waals surface area contributed by atoms with Crippen LogP contribution in [0.2, 0.25) is 0 Å². The Balaban J connectivity index is 2.64. The van der Waals surface area contributed by atoms with Crippen molar-refractivity contribution >= 4 is 16.6 Å². The molecule has 0 aliphatic carbocycles. The number of aromatic nitrogens is 1. The van der Waals surface area contributed by atoms with Crippen LogP contribution in [0.1, 0.15) is 25.1 Å². The molecule has 18 heavy (non-hydrogen) atoms. The van der Waals surface area contributed by atoms with Gasteiger partial charge in [0, 0.05) is 22.8 Å². The number of rotatable bonds is 4. The van der Waals surface area contributed by atoms with Crippen LogP contribution in [-0.2, 0) is 6.42 Å². The monoisotopic (exact) mass is 244 g/mol. The van der Waals surface area contributed by atoms with Crippen LogP contribution >= 0.6 is 0 Å². The van der Waals surface area contributed by atoms with Crippen molar-refractivity contribution < 1.29 is 5.11 Å². The largest absolute Gasteiger partial charge is 0.394 e. The number of anilines is 1. The number of nitrogens with one attached hydrogen (secondary N) is 1. The molecule has 96 valence electrons. The average Bonchev–Trinajstić information content (AvgIpc) is 2.38. The molecule has 0 unspecified atom stereocenters. The van der Waals surface area contributed by atoms with Crippen molar-refractivity contribution in [1.82, 2.24) is 4.98 Å². The van der Waals surface area contributed by atoms with Gasteiger partial charge in [-0.05, 0) is 31.9 Å². The zero-order valence-electron chi connectivity index (χ0n) is 11.2. The maximum absolute atomic E-state index is 9.22. The van der Waals surface area contributed by atoms with Gasteiger partial charge in [0.05, 0.1) is 12.1 Å². The van der Waals surface area contributed by atoms with Gasteiger partial charge in [0.15, 0.2) is 0 Å². The van der Waals surface area contributed by atoms with Gasteiger partial charge in [0.25, 0.3) is 0 Å². The third kappa shape index (κ3) is 2.31. The minimum atomic E-state index is 0.0421. The number of aliphatic hydroxyl groups excluding tert-OH is 1. The van der Waals surface area contributed by atoms with Gasteiger partial charge in [0.2, 0.25) is 0 Å². The minimum Gasteiger partial charge on any atom is -0.394 e. The number of hydrogen-bond acceptors (Lipinski definition) is 3. The normalized spacial score (nSPS) is 12.7. The van der Waals surface area contributed by atoms with Crippen LogP contribution in [0.3, 0.4) is 0 Å². The SMILES string of the molecule is CCc1c(C)nc2ccccc2c1N[C@@H](C)CO. The first kappa shape index (κ1) is 12.8. The second-order valence-electron chi connectivity index (χ2n) is 4.65. The topological polar surface area (TPSA) is 45.2 Å². The quantitative estimate of drug-likeness (QED) is 0.869. The van der Waals surface area contributed by atoms with Gasteiger partial charge >= 0.3 is 0 Å². The molecule has 0 aliphatic heterocycles. The highest BCUT2D eigenvalue weighted by Gasteiger charge is 2.12. The summed E-state index contributed by atoms with van der Waals surface area (Å²) in [6, 6.07) is 8.16. The molecule has 0 spiro atoms. The number of pyridine rings is 1. The van der Waals surface area contributed by atoms with Crippen molar-refractivity contribution in [2.24, 2.45) is 0 Å². The molecular weight excluding hydrogens is 224 g/mol. The third-order valence-corrected chi connectivity index (χ3v) is 3.22. The molecule has 2 N–H and O–H groups in total. The summed E-state index contributed by atoms with van der Waals surface area (Å²) < 4.78 is 0. The van der Waals surface area contributed by atoms with Crippen LogP contribution < -0.4 is 5.32 Å². The van der Waals surface area contributed by atoms with E-state index in [9.17, 15) is 5.11 Å². The Kier molecular flexibility index (Phi) is 3.82. The lowest BCUT2D eigenvalue weighted by molar-refractivity contribution is 0.281. The lowest BCUT2D eigenvalue weighted by Gasteiger charge is -2.19. The maximum Gasteiger partial charge on any atom is 0.0726 e. The van der Waals surface area contributed by atoms with Crippen LogP contribution in [0, 0.1) is 6.92 Å². The van der Waals surface area contributed by atoms with Gasteiger partial charge in [-0.3, -0.25) is 4.98 Å².